The van der Waals surface area contributed by atoms with Crippen molar-refractivity contribution < 1.29 is 4.79 Å². The van der Waals surface area contributed by atoms with Crippen LogP contribution >= 0.6 is 0 Å². The normalized spacial score (nSPS) is 11.0. The van der Waals surface area contributed by atoms with Gasteiger partial charge in [0.05, 0.1) is 0 Å². The van der Waals surface area contributed by atoms with E-state index < -0.39 is 0 Å². The lowest BCUT2D eigenvalue weighted by Crippen LogP contribution is -2.22. The lowest BCUT2D eigenvalue weighted by molar-refractivity contribution is -0.116. The molecule has 0 bridgehead atoms. The van der Waals surface area contributed by atoms with Crippen molar-refractivity contribution in [3.05, 3.63) is 36.2 Å². The van der Waals surface area contributed by atoms with E-state index in [2.05, 4.69) is 24.1 Å². The maximum atomic E-state index is 11.4. The highest BCUT2D eigenvalue weighted by Crippen LogP contribution is 2.02. The van der Waals surface area contributed by atoms with Gasteiger partial charge in [-0.15, -0.1) is 0 Å². The first-order valence-corrected chi connectivity index (χ1v) is 6.04. The molecule has 1 aromatic heterocycles. The predicted octanol–water partition coefficient (Wildman–Crippen LogP) is 2.65. The zero-order chi connectivity index (χ0) is 12.5. The molecule has 0 spiro atoms. The number of rotatable bonds is 6. The van der Waals surface area contributed by atoms with Crippen LogP contribution in [0.5, 0.6) is 0 Å². The molecule has 0 atom stereocenters. The van der Waals surface area contributed by atoms with E-state index in [1.165, 1.54) is 0 Å². The van der Waals surface area contributed by atoms with Crippen LogP contribution in [-0.2, 0) is 4.79 Å². The summed E-state index contributed by atoms with van der Waals surface area (Å²) >= 11 is 0. The Morgan fingerprint density at radius 1 is 1.53 bits per heavy atom. The molecule has 17 heavy (non-hydrogen) atoms. The van der Waals surface area contributed by atoms with E-state index >= 15 is 0 Å². The molecule has 0 fully saturated rings. The lowest BCUT2D eigenvalue weighted by Gasteiger charge is -2.04. The number of amides is 1. The van der Waals surface area contributed by atoms with Crippen LogP contribution in [-0.4, -0.2) is 17.4 Å². The predicted molar refractivity (Wildman–Crippen MR) is 70.4 cm³/mol. The van der Waals surface area contributed by atoms with Crippen LogP contribution in [0, 0.1) is 5.92 Å². The molecule has 0 saturated carbocycles. The van der Waals surface area contributed by atoms with Crippen LogP contribution in [0.1, 0.15) is 32.3 Å². The van der Waals surface area contributed by atoms with E-state index in [9.17, 15) is 4.79 Å². The topological polar surface area (TPSA) is 42.0 Å². The van der Waals surface area contributed by atoms with Gasteiger partial charge in [-0.3, -0.25) is 9.78 Å². The third-order valence-electron chi connectivity index (χ3n) is 2.37. The van der Waals surface area contributed by atoms with Crippen LogP contribution < -0.4 is 5.32 Å². The zero-order valence-electron chi connectivity index (χ0n) is 10.5. The minimum absolute atomic E-state index is 0.0439. The maximum Gasteiger partial charge on any atom is 0.243 e. The summed E-state index contributed by atoms with van der Waals surface area (Å²) in [6.45, 7) is 5.11. The summed E-state index contributed by atoms with van der Waals surface area (Å²) in [6, 6.07) is 3.76. The second-order valence-corrected chi connectivity index (χ2v) is 4.45. The van der Waals surface area contributed by atoms with Gasteiger partial charge in [0.2, 0.25) is 5.91 Å². The van der Waals surface area contributed by atoms with Crippen molar-refractivity contribution >= 4 is 12.0 Å². The van der Waals surface area contributed by atoms with Gasteiger partial charge >= 0.3 is 0 Å². The smallest absolute Gasteiger partial charge is 0.243 e. The highest BCUT2D eigenvalue weighted by molar-refractivity contribution is 5.91. The second-order valence-electron chi connectivity index (χ2n) is 4.45. The van der Waals surface area contributed by atoms with E-state index in [-0.39, 0.29) is 5.91 Å². The molecule has 0 unspecified atom stereocenters. The minimum Gasteiger partial charge on any atom is -0.353 e. The fraction of sp³-hybridized carbons (Fsp3) is 0.429. The number of nitrogens with zero attached hydrogens (tertiary/aromatic N) is 1. The largest absolute Gasteiger partial charge is 0.353 e. The van der Waals surface area contributed by atoms with Crippen LogP contribution in [0.4, 0.5) is 0 Å². The molecule has 1 rings (SSSR count). The first kappa shape index (κ1) is 13.4. The van der Waals surface area contributed by atoms with E-state index in [0.29, 0.717) is 5.92 Å². The Labute approximate surface area is 103 Å². The molecule has 1 heterocycles. The molecule has 1 aromatic rings. The lowest BCUT2D eigenvalue weighted by atomic mass is 10.1. The number of carbonyl (C=O) groups excluding carboxylic acids is 1. The van der Waals surface area contributed by atoms with Gasteiger partial charge in [-0.1, -0.05) is 19.9 Å². The van der Waals surface area contributed by atoms with Crippen LogP contribution in [0.3, 0.4) is 0 Å². The molecule has 3 nitrogen and oxygen atoms in total. The Balaban J connectivity index is 2.23. The van der Waals surface area contributed by atoms with Gasteiger partial charge in [-0.25, -0.2) is 0 Å². The Morgan fingerprint density at radius 2 is 2.35 bits per heavy atom. The summed E-state index contributed by atoms with van der Waals surface area (Å²) in [7, 11) is 0. The van der Waals surface area contributed by atoms with Gasteiger partial charge in [0.25, 0.3) is 0 Å². The van der Waals surface area contributed by atoms with Crippen molar-refractivity contribution in [2.45, 2.75) is 26.7 Å². The maximum absolute atomic E-state index is 11.4. The van der Waals surface area contributed by atoms with Gasteiger partial charge < -0.3 is 5.32 Å². The molecule has 0 aromatic carbocycles. The molecule has 0 aliphatic heterocycles. The molecule has 0 saturated heterocycles. The Kier molecular flexibility index (Phi) is 6.00. The average Bonchev–Trinajstić information content (AvgIpc) is 2.33. The molecular weight excluding hydrogens is 212 g/mol. The monoisotopic (exact) mass is 232 g/mol. The van der Waals surface area contributed by atoms with Crippen molar-refractivity contribution in [2.24, 2.45) is 5.92 Å². The Hall–Kier alpha value is -1.64. The third kappa shape index (κ3) is 6.51. The number of carbonyl (C=O) groups is 1. The molecule has 3 heteroatoms. The highest BCUT2D eigenvalue weighted by atomic mass is 16.1. The first-order chi connectivity index (χ1) is 8.18. The molecule has 0 aliphatic carbocycles. The number of pyridine rings is 1. The van der Waals surface area contributed by atoms with Crippen LogP contribution in [0.25, 0.3) is 6.08 Å². The molecule has 1 N–H and O–H groups in total. The van der Waals surface area contributed by atoms with Gasteiger partial charge in [0.15, 0.2) is 0 Å². The highest BCUT2D eigenvalue weighted by Gasteiger charge is 1.96. The quantitative estimate of drug-likeness (QED) is 0.605. The van der Waals surface area contributed by atoms with E-state index in [1.807, 2.05) is 12.1 Å². The second kappa shape index (κ2) is 7.60. The third-order valence-corrected chi connectivity index (χ3v) is 2.37. The number of hydrogen-bond donors (Lipinski definition) is 1. The van der Waals surface area contributed by atoms with E-state index in [1.54, 1.807) is 24.5 Å². The van der Waals surface area contributed by atoms with Gasteiger partial charge in [0.1, 0.15) is 0 Å². The number of hydrogen-bond acceptors (Lipinski definition) is 2. The summed E-state index contributed by atoms with van der Waals surface area (Å²) in [6.07, 6.45) is 8.93. The average molecular weight is 232 g/mol. The van der Waals surface area contributed by atoms with E-state index in [4.69, 9.17) is 0 Å². The Bertz CT molecular complexity index is 358. The van der Waals surface area contributed by atoms with Crippen molar-refractivity contribution in [1.82, 2.24) is 10.3 Å². The Morgan fingerprint density at radius 3 is 3.00 bits per heavy atom. The summed E-state index contributed by atoms with van der Waals surface area (Å²) in [4.78, 5) is 15.4. The summed E-state index contributed by atoms with van der Waals surface area (Å²) in [5.74, 6) is 0.649. The van der Waals surface area contributed by atoms with Crippen molar-refractivity contribution in [1.29, 1.82) is 0 Å². The van der Waals surface area contributed by atoms with Crippen LogP contribution in [0.15, 0.2) is 30.6 Å². The SMILES string of the molecule is CC(C)CCCNC(=O)/C=C/c1cccnc1. The van der Waals surface area contributed by atoms with Crippen molar-refractivity contribution in [3.63, 3.8) is 0 Å². The van der Waals surface area contributed by atoms with Gasteiger partial charge in [-0.2, -0.15) is 0 Å². The zero-order valence-corrected chi connectivity index (χ0v) is 10.5. The van der Waals surface area contributed by atoms with Crippen molar-refractivity contribution in [3.8, 4) is 0 Å². The first-order valence-electron chi connectivity index (χ1n) is 6.04. The molecule has 0 radical (unpaired) electrons. The summed E-state index contributed by atoms with van der Waals surface area (Å²) < 4.78 is 0. The van der Waals surface area contributed by atoms with Gasteiger partial charge in [0, 0.05) is 25.0 Å². The minimum atomic E-state index is -0.0439. The number of nitrogens with one attached hydrogen (secondary N) is 1. The molecule has 92 valence electrons. The summed E-state index contributed by atoms with van der Waals surface area (Å²) in [5, 5.41) is 2.86. The summed E-state index contributed by atoms with van der Waals surface area (Å²) in [5.41, 5.74) is 0.935. The standard InChI is InChI=1S/C14H20N2O/c1-12(2)5-3-10-16-14(17)8-7-13-6-4-9-15-11-13/h4,6-9,11-12H,3,5,10H2,1-2H3,(H,16,17)/b8-7+. The fourth-order valence-corrected chi connectivity index (χ4v) is 1.43. The van der Waals surface area contributed by atoms with Gasteiger partial charge in [-0.05, 0) is 36.5 Å². The van der Waals surface area contributed by atoms with E-state index in [0.717, 1.165) is 24.9 Å². The number of aromatic nitrogens is 1. The van der Waals surface area contributed by atoms with Crippen molar-refractivity contribution in [2.75, 3.05) is 6.54 Å². The fourth-order valence-electron chi connectivity index (χ4n) is 1.43. The molecular formula is C14H20N2O. The van der Waals surface area contributed by atoms with Crippen LogP contribution in [0.2, 0.25) is 0 Å². The molecule has 0 aliphatic rings. The molecule has 1 amide bonds.